The van der Waals surface area contributed by atoms with Gasteiger partial charge in [0.25, 0.3) is 5.91 Å². The van der Waals surface area contributed by atoms with Crippen LogP contribution < -0.4 is 5.32 Å². The monoisotopic (exact) mass is 316 g/mol. The third-order valence-corrected chi connectivity index (χ3v) is 4.06. The van der Waals surface area contributed by atoms with Gasteiger partial charge < -0.3 is 15.2 Å². The van der Waals surface area contributed by atoms with Gasteiger partial charge in [-0.15, -0.1) is 0 Å². The fourth-order valence-electron chi connectivity index (χ4n) is 2.68. The Hall–Kier alpha value is -2.55. The van der Waals surface area contributed by atoms with Crippen molar-refractivity contribution < 1.29 is 19.4 Å². The Morgan fingerprint density at radius 1 is 1.30 bits per heavy atom. The third kappa shape index (κ3) is 4.01. The highest BCUT2D eigenvalue weighted by Gasteiger charge is 2.35. The van der Waals surface area contributed by atoms with Crippen LogP contribution in [-0.2, 0) is 9.53 Å². The first-order valence-electron chi connectivity index (χ1n) is 7.70. The van der Waals surface area contributed by atoms with Gasteiger partial charge in [0.15, 0.2) is 6.10 Å². The molecule has 0 saturated heterocycles. The van der Waals surface area contributed by atoms with Crippen LogP contribution in [0, 0.1) is 11.3 Å². The van der Waals surface area contributed by atoms with Crippen LogP contribution in [0.4, 0.5) is 0 Å². The van der Waals surface area contributed by atoms with E-state index in [0.29, 0.717) is 12.8 Å². The predicted molar refractivity (Wildman–Crippen MR) is 82.6 cm³/mol. The van der Waals surface area contributed by atoms with Crippen LogP contribution in [0.5, 0.6) is 5.75 Å². The minimum Gasteiger partial charge on any atom is -0.507 e. The number of phenols is 1. The average Bonchev–Trinajstić information content (AvgIpc) is 2.55. The number of carbonyl (C=O) groups is 2. The largest absolute Gasteiger partial charge is 0.507 e. The summed E-state index contributed by atoms with van der Waals surface area (Å²) >= 11 is 0. The number of nitriles is 1. The molecule has 0 heterocycles. The molecule has 0 aliphatic heterocycles. The van der Waals surface area contributed by atoms with E-state index in [1.54, 1.807) is 12.1 Å². The van der Waals surface area contributed by atoms with E-state index < -0.39 is 23.5 Å². The number of benzene rings is 1. The molecular weight excluding hydrogens is 296 g/mol. The number of rotatable bonds is 4. The lowest BCUT2D eigenvalue weighted by Gasteiger charge is -2.32. The molecule has 122 valence electrons. The highest BCUT2D eigenvalue weighted by atomic mass is 16.5. The molecule has 1 aliphatic carbocycles. The highest BCUT2D eigenvalue weighted by Crippen LogP contribution is 2.27. The van der Waals surface area contributed by atoms with E-state index in [2.05, 4.69) is 11.4 Å². The van der Waals surface area contributed by atoms with Crippen molar-refractivity contribution in [1.29, 1.82) is 5.26 Å². The standard InChI is InChI=1S/C17H20N2O4/c1-12(23-16(22)13-7-3-4-8-14(13)20)15(21)19-17(11-18)9-5-2-6-10-17/h3-4,7-8,12,20H,2,5-6,9-10H2,1H3,(H,19,21)/t12-/m0/s1. The number of carbonyl (C=O) groups excluding carboxylic acids is 2. The molecule has 1 aromatic rings. The quantitative estimate of drug-likeness (QED) is 0.830. The summed E-state index contributed by atoms with van der Waals surface area (Å²) in [6.45, 7) is 1.45. The Morgan fingerprint density at radius 3 is 2.57 bits per heavy atom. The molecule has 1 fully saturated rings. The molecule has 1 aliphatic rings. The van der Waals surface area contributed by atoms with Crippen molar-refractivity contribution in [2.45, 2.75) is 50.7 Å². The molecule has 0 aromatic heterocycles. The summed E-state index contributed by atoms with van der Waals surface area (Å²) in [5.41, 5.74) is -0.870. The van der Waals surface area contributed by atoms with Crippen LogP contribution in [0.1, 0.15) is 49.4 Å². The summed E-state index contributed by atoms with van der Waals surface area (Å²) in [7, 11) is 0. The molecule has 0 spiro atoms. The number of aromatic hydroxyl groups is 1. The Morgan fingerprint density at radius 2 is 1.96 bits per heavy atom. The molecule has 2 rings (SSSR count). The number of nitrogens with zero attached hydrogens (tertiary/aromatic N) is 1. The van der Waals surface area contributed by atoms with Gasteiger partial charge in [0.05, 0.1) is 6.07 Å². The molecule has 6 heteroatoms. The number of para-hydroxylation sites is 1. The van der Waals surface area contributed by atoms with Gasteiger partial charge in [-0.2, -0.15) is 5.26 Å². The van der Waals surface area contributed by atoms with E-state index >= 15 is 0 Å². The fourth-order valence-corrected chi connectivity index (χ4v) is 2.68. The van der Waals surface area contributed by atoms with Crippen LogP contribution in [0.25, 0.3) is 0 Å². The van der Waals surface area contributed by atoms with Gasteiger partial charge in [-0.3, -0.25) is 4.79 Å². The number of hydrogen-bond donors (Lipinski definition) is 2. The van der Waals surface area contributed by atoms with Crippen molar-refractivity contribution >= 4 is 11.9 Å². The maximum atomic E-state index is 12.2. The van der Waals surface area contributed by atoms with Crippen molar-refractivity contribution in [3.05, 3.63) is 29.8 Å². The lowest BCUT2D eigenvalue weighted by Crippen LogP contribution is -2.52. The second-order valence-corrected chi connectivity index (χ2v) is 5.81. The number of nitrogens with one attached hydrogen (secondary N) is 1. The average molecular weight is 316 g/mol. The van der Waals surface area contributed by atoms with E-state index in [-0.39, 0.29) is 11.3 Å². The SMILES string of the molecule is C[C@H](OC(=O)c1ccccc1O)C(=O)NC1(C#N)CCCCC1. The molecule has 1 atom stereocenters. The first-order valence-corrected chi connectivity index (χ1v) is 7.70. The molecular formula is C17H20N2O4. The van der Waals surface area contributed by atoms with Crippen molar-refractivity contribution in [2.24, 2.45) is 0 Å². The zero-order valence-electron chi connectivity index (χ0n) is 13.0. The number of hydrogen-bond acceptors (Lipinski definition) is 5. The highest BCUT2D eigenvalue weighted by molar-refractivity contribution is 5.94. The normalized spacial score (nSPS) is 17.6. The Kier molecular flexibility index (Phi) is 5.22. The van der Waals surface area contributed by atoms with E-state index in [9.17, 15) is 20.0 Å². The van der Waals surface area contributed by atoms with Crippen LogP contribution in [-0.4, -0.2) is 28.6 Å². The summed E-state index contributed by atoms with van der Waals surface area (Å²) in [4.78, 5) is 24.2. The summed E-state index contributed by atoms with van der Waals surface area (Å²) < 4.78 is 5.09. The van der Waals surface area contributed by atoms with Gasteiger partial charge in [0, 0.05) is 0 Å². The van der Waals surface area contributed by atoms with E-state index in [0.717, 1.165) is 19.3 Å². The third-order valence-electron chi connectivity index (χ3n) is 4.06. The zero-order chi connectivity index (χ0) is 16.9. The first-order chi connectivity index (χ1) is 11.0. The summed E-state index contributed by atoms with van der Waals surface area (Å²) in [5, 5.41) is 21.7. The van der Waals surface area contributed by atoms with E-state index in [1.165, 1.54) is 19.1 Å². The molecule has 1 aromatic carbocycles. The van der Waals surface area contributed by atoms with Gasteiger partial charge in [-0.1, -0.05) is 31.4 Å². The fraction of sp³-hybridized carbons (Fsp3) is 0.471. The number of amides is 1. The van der Waals surface area contributed by atoms with Gasteiger partial charge in [-0.25, -0.2) is 4.79 Å². The van der Waals surface area contributed by atoms with E-state index in [1.807, 2.05) is 0 Å². The summed E-state index contributed by atoms with van der Waals surface area (Å²) in [6.07, 6.45) is 3.00. The van der Waals surface area contributed by atoms with Crippen molar-refractivity contribution in [3.63, 3.8) is 0 Å². The predicted octanol–water partition coefficient (Wildman–Crippen LogP) is 2.28. The first kappa shape index (κ1) is 16.8. The number of esters is 1. The van der Waals surface area contributed by atoms with Crippen LogP contribution in [0.2, 0.25) is 0 Å². The molecule has 0 unspecified atom stereocenters. The maximum absolute atomic E-state index is 12.2. The molecule has 0 bridgehead atoms. The molecule has 1 amide bonds. The van der Waals surface area contributed by atoms with Crippen molar-refractivity contribution in [2.75, 3.05) is 0 Å². The second-order valence-electron chi connectivity index (χ2n) is 5.81. The molecule has 0 radical (unpaired) electrons. The Bertz CT molecular complexity index is 630. The van der Waals surface area contributed by atoms with Crippen LogP contribution >= 0.6 is 0 Å². The van der Waals surface area contributed by atoms with Crippen LogP contribution in [0.15, 0.2) is 24.3 Å². The second kappa shape index (κ2) is 7.14. The number of ether oxygens (including phenoxy) is 1. The van der Waals surface area contributed by atoms with Gasteiger partial charge in [0.1, 0.15) is 16.9 Å². The molecule has 23 heavy (non-hydrogen) atoms. The molecule has 2 N–H and O–H groups in total. The van der Waals surface area contributed by atoms with Crippen LogP contribution in [0.3, 0.4) is 0 Å². The smallest absolute Gasteiger partial charge is 0.342 e. The number of phenolic OH excluding ortho intramolecular Hbond substituents is 1. The summed E-state index contributed by atoms with van der Waals surface area (Å²) in [5.74, 6) is -1.48. The lowest BCUT2D eigenvalue weighted by atomic mass is 9.83. The zero-order valence-corrected chi connectivity index (χ0v) is 13.0. The lowest BCUT2D eigenvalue weighted by molar-refractivity contribution is -0.130. The Labute approximate surface area is 135 Å². The van der Waals surface area contributed by atoms with Crippen molar-refractivity contribution in [1.82, 2.24) is 5.32 Å². The minimum atomic E-state index is -1.05. The topological polar surface area (TPSA) is 99.4 Å². The molecule has 6 nitrogen and oxygen atoms in total. The minimum absolute atomic E-state index is 0.000173. The van der Waals surface area contributed by atoms with E-state index in [4.69, 9.17) is 4.74 Å². The molecule has 1 saturated carbocycles. The summed E-state index contributed by atoms with van der Waals surface area (Å²) in [6, 6.07) is 8.15. The van der Waals surface area contributed by atoms with Gasteiger partial charge >= 0.3 is 5.97 Å². The van der Waals surface area contributed by atoms with Gasteiger partial charge in [0.2, 0.25) is 0 Å². The maximum Gasteiger partial charge on any atom is 0.342 e. The van der Waals surface area contributed by atoms with Crippen molar-refractivity contribution in [3.8, 4) is 11.8 Å². The van der Waals surface area contributed by atoms with Gasteiger partial charge in [-0.05, 0) is 31.9 Å². The Balaban J connectivity index is 1.99.